The first-order valence-corrected chi connectivity index (χ1v) is 12.6. The van der Waals surface area contributed by atoms with Gasteiger partial charge in [-0.2, -0.15) is 5.10 Å². The van der Waals surface area contributed by atoms with Gasteiger partial charge in [0, 0.05) is 20.2 Å². The molecule has 1 amide bonds. The number of halogens is 2. The zero-order valence-corrected chi connectivity index (χ0v) is 21.6. The van der Waals surface area contributed by atoms with Crippen molar-refractivity contribution in [2.45, 2.75) is 12.1 Å². The Hall–Kier alpha value is -2.75. The molecule has 0 atom stereocenters. The van der Waals surface area contributed by atoms with Gasteiger partial charge in [0.05, 0.1) is 11.5 Å². The van der Waals surface area contributed by atoms with Crippen molar-refractivity contribution in [2.24, 2.45) is 5.10 Å². The molecule has 0 fully saturated rings. The van der Waals surface area contributed by atoms with Crippen LogP contribution in [0.4, 0.5) is 0 Å². The van der Waals surface area contributed by atoms with Gasteiger partial charge in [0.1, 0.15) is 0 Å². The molecule has 0 bridgehead atoms. The highest BCUT2D eigenvalue weighted by Gasteiger charge is 2.17. The normalized spacial score (nSPS) is 11.4. The minimum absolute atomic E-state index is 0.153. The van der Waals surface area contributed by atoms with Gasteiger partial charge in [-0.15, -0.1) is 10.2 Å². The molecule has 1 N–H and O–H groups in total. The van der Waals surface area contributed by atoms with Crippen LogP contribution in [0.1, 0.15) is 12.5 Å². The number of aromatic nitrogens is 3. The standard InChI is InChI=1S/C24H19Br2N5OS/c1-16(17-7-9-19(25)10-8-17)27-28-22(32)15-33-24-30-29-23(18-5-3-2-4-6-18)31(24)21-13-11-20(26)12-14-21/h2-14H,15H2,1H3,(H,28,32). The average molecular weight is 585 g/mol. The predicted octanol–water partition coefficient (Wildman–Crippen LogP) is 6.09. The molecule has 0 saturated carbocycles. The Morgan fingerprint density at radius 3 is 2.24 bits per heavy atom. The van der Waals surface area contributed by atoms with Crippen LogP contribution in [0, 0.1) is 0 Å². The van der Waals surface area contributed by atoms with Gasteiger partial charge in [-0.05, 0) is 48.9 Å². The molecule has 1 aromatic heterocycles. The van der Waals surface area contributed by atoms with Crippen LogP contribution in [0.3, 0.4) is 0 Å². The second-order valence-corrected chi connectivity index (χ2v) is 9.79. The van der Waals surface area contributed by atoms with Gasteiger partial charge in [0.25, 0.3) is 5.91 Å². The van der Waals surface area contributed by atoms with E-state index in [0.717, 1.165) is 31.5 Å². The molecule has 0 radical (unpaired) electrons. The average Bonchev–Trinajstić information content (AvgIpc) is 3.26. The number of rotatable bonds is 7. The molecule has 0 saturated heterocycles. The van der Waals surface area contributed by atoms with Crippen molar-refractivity contribution in [3.8, 4) is 17.1 Å². The van der Waals surface area contributed by atoms with E-state index in [0.29, 0.717) is 11.0 Å². The van der Waals surface area contributed by atoms with E-state index >= 15 is 0 Å². The molecule has 166 valence electrons. The van der Waals surface area contributed by atoms with Gasteiger partial charge in [0.15, 0.2) is 11.0 Å². The van der Waals surface area contributed by atoms with E-state index in [-0.39, 0.29) is 11.7 Å². The lowest BCUT2D eigenvalue weighted by Crippen LogP contribution is -2.21. The second kappa shape index (κ2) is 10.9. The van der Waals surface area contributed by atoms with E-state index in [1.165, 1.54) is 11.8 Å². The van der Waals surface area contributed by atoms with Crippen molar-refractivity contribution >= 4 is 55.2 Å². The first kappa shape index (κ1) is 23.4. The van der Waals surface area contributed by atoms with Crippen LogP contribution in [0.25, 0.3) is 17.1 Å². The molecule has 9 heteroatoms. The van der Waals surface area contributed by atoms with Crippen LogP contribution in [-0.2, 0) is 4.79 Å². The first-order chi connectivity index (χ1) is 16.0. The fraction of sp³-hybridized carbons (Fsp3) is 0.0833. The Morgan fingerprint density at radius 2 is 1.58 bits per heavy atom. The number of nitrogens with zero attached hydrogens (tertiary/aromatic N) is 4. The summed E-state index contributed by atoms with van der Waals surface area (Å²) >= 11 is 8.20. The van der Waals surface area contributed by atoms with Crippen molar-refractivity contribution in [1.82, 2.24) is 20.2 Å². The van der Waals surface area contributed by atoms with E-state index in [1.54, 1.807) is 0 Å². The summed E-state index contributed by atoms with van der Waals surface area (Å²) in [6.45, 7) is 1.85. The first-order valence-electron chi connectivity index (χ1n) is 10.00. The number of hydrazone groups is 1. The Kier molecular flexibility index (Phi) is 7.74. The van der Waals surface area contributed by atoms with Crippen LogP contribution in [0.15, 0.2) is 98.1 Å². The maximum Gasteiger partial charge on any atom is 0.250 e. The quantitative estimate of drug-likeness (QED) is 0.162. The summed E-state index contributed by atoms with van der Waals surface area (Å²) in [5.74, 6) is 0.647. The summed E-state index contributed by atoms with van der Waals surface area (Å²) in [6, 6.07) is 25.5. The van der Waals surface area contributed by atoms with Crippen molar-refractivity contribution in [3.63, 3.8) is 0 Å². The number of thioether (sulfide) groups is 1. The smallest absolute Gasteiger partial charge is 0.250 e. The highest BCUT2D eigenvalue weighted by Crippen LogP contribution is 2.28. The minimum Gasteiger partial charge on any atom is -0.272 e. The highest BCUT2D eigenvalue weighted by molar-refractivity contribution is 9.10. The monoisotopic (exact) mass is 583 g/mol. The molecule has 0 aliphatic heterocycles. The zero-order chi connectivity index (χ0) is 23.2. The highest BCUT2D eigenvalue weighted by atomic mass is 79.9. The third-order valence-electron chi connectivity index (χ3n) is 4.69. The van der Waals surface area contributed by atoms with Gasteiger partial charge in [-0.25, -0.2) is 5.43 Å². The molecule has 0 unspecified atom stereocenters. The van der Waals surface area contributed by atoms with Crippen molar-refractivity contribution in [3.05, 3.63) is 93.4 Å². The van der Waals surface area contributed by atoms with E-state index < -0.39 is 0 Å². The SMILES string of the molecule is CC(=NNC(=O)CSc1nnc(-c2ccccc2)n1-c1ccc(Br)cc1)c1ccc(Br)cc1. The zero-order valence-electron chi connectivity index (χ0n) is 17.6. The fourth-order valence-electron chi connectivity index (χ4n) is 3.02. The molecule has 4 rings (SSSR count). The van der Waals surface area contributed by atoms with Crippen LogP contribution >= 0.6 is 43.6 Å². The number of hydrogen-bond donors (Lipinski definition) is 1. The van der Waals surface area contributed by atoms with Crippen molar-refractivity contribution in [2.75, 3.05) is 5.75 Å². The van der Waals surface area contributed by atoms with Gasteiger partial charge in [-0.1, -0.05) is 86.1 Å². The van der Waals surface area contributed by atoms with Crippen LogP contribution in [-0.4, -0.2) is 32.1 Å². The van der Waals surface area contributed by atoms with Crippen LogP contribution in [0.2, 0.25) is 0 Å². The summed E-state index contributed by atoms with van der Waals surface area (Å²) in [5, 5.41) is 13.6. The third-order valence-corrected chi connectivity index (χ3v) is 6.68. The summed E-state index contributed by atoms with van der Waals surface area (Å²) in [7, 11) is 0. The molecule has 0 aliphatic rings. The van der Waals surface area contributed by atoms with E-state index in [1.807, 2.05) is 90.4 Å². The lowest BCUT2D eigenvalue weighted by Gasteiger charge is -2.10. The lowest BCUT2D eigenvalue weighted by atomic mass is 10.1. The molecule has 1 heterocycles. The molecule has 3 aromatic carbocycles. The lowest BCUT2D eigenvalue weighted by molar-refractivity contribution is -0.118. The summed E-state index contributed by atoms with van der Waals surface area (Å²) < 4.78 is 3.92. The Bertz CT molecular complexity index is 1270. The minimum atomic E-state index is -0.219. The number of hydrogen-bond acceptors (Lipinski definition) is 5. The largest absolute Gasteiger partial charge is 0.272 e. The molecule has 4 aromatic rings. The topological polar surface area (TPSA) is 72.2 Å². The van der Waals surface area contributed by atoms with E-state index in [2.05, 4.69) is 52.6 Å². The second-order valence-electron chi connectivity index (χ2n) is 7.01. The summed E-state index contributed by atoms with van der Waals surface area (Å²) in [5.41, 5.74) is 6.14. The molecule has 0 spiro atoms. The maximum absolute atomic E-state index is 12.5. The van der Waals surface area contributed by atoms with Crippen LogP contribution < -0.4 is 5.43 Å². The third kappa shape index (κ3) is 5.98. The number of nitrogens with one attached hydrogen (secondary N) is 1. The van der Waals surface area contributed by atoms with Gasteiger partial charge in [-0.3, -0.25) is 9.36 Å². The Balaban J connectivity index is 1.51. The van der Waals surface area contributed by atoms with Gasteiger partial charge >= 0.3 is 0 Å². The molecular formula is C24H19Br2N5OS. The number of carbonyl (C=O) groups excluding carboxylic acids is 1. The summed E-state index contributed by atoms with van der Waals surface area (Å²) in [6.07, 6.45) is 0. The van der Waals surface area contributed by atoms with E-state index in [9.17, 15) is 4.79 Å². The molecule has 6 nitrogen and oxygen atoms in total. The number of amides is 1. The summed E-state index contributed by atoms with van der Waals surface area (Å²) in [4.78, 5) is 12.5. The van der Waals surface area contributed by atoms with Gasteiger partial charge < -0.3 is 0 Å². The molecular weight excluding hydrogens is 566 g/mol. The van der Waals surface area contributed by atoms with Gasteiger partial charge in [0.2, 0.25) is 0 Å². The van der Waals surface area contributed by atoms with E-state index in [4.69, 9.17) is 0 Å². The number of benzene rings is 3. The van der Waals surface area contributed by atoms with Crippen molar-refractivity contribution in [1.29, 1.82) is 0 Å². The Morgan fingerprint density at radius 1 is 0.939 bits per heavy atom. The maximum atomic E-state index is 12.5. The van der Waals surface area contributed by atoms with Crippen molar-refractivity contribution < 1.29 is 4.79 Å². The Labute approximate surface area is 212 Å². The number of carbonyl (C=O) groups is 1. The predicted molar refractivity (Wildman–Crippen MR) is 140 cm³/mol. The fourth-order valence-corrected chi connectivity index (χ4v) is 4.30. The molecule has 0 aliphatic carbocycles. The molecule has 33 heavy (non-hydrogen) atoms. The van der Waals surface area contributed by atoms with Crippen LogP contribution in [0.5, 0.6) is 0 Å².